The summed E-state index contributed by atoms with van der Waals surface area (Å²) in [5.41, 5.74) is 3.19. The monoisotopic (exact) mass is 367 g/mol. The van der Waals surface area contributed by atoms with E-state index in [1.54, 1.807) is 16.0 Å². The van der Waals surface area contributed by atoms with E-state index in [0.717, 1.165) is 32.2 Å². The molecule has 1 aromatic carbocycles. The van der Waals surface area contributed by atoms with E-state index in [0.29, 0.717) is 13.2 Å². The third-order valence-electron chi connectivity index (χ3n) is 4.53. The summed E-state index contributed by atoms with van der Waals surface area (Å²) in [6.45, 7) is 5.15. The number of carbonyl (C=O) groups is 1. The molecule has 0 aliphatic carbocycles. The molecule has 134 valence electrons. The van der Waals surface area contributed by atoms with E-state index in [1.807, 2.05) is 68.5 Å². The first-order valence-electron chi connectivity index (χ1n) is 8.66. The number of nitrogens with zero attached hydrogens (tertiary/aromatic N) is 3. The number of para-hydroxylation sites is 1. The Kier molecular flexibility index (Phi) is 4.28. The first kappa shape index (κ1) is 16.8. The van der Waals surface area contributed by atoms with Gasteiger partial charge in [0, 0.05) is 47.4 Å². The summed E-state index contributed by atoms with van der Waals surface area (Å²) in [4.78, 5) is 17.0. The second kappa shape index (κ2) is 6.61. The summed E-state index contributed by atoms with van der Waals surface area (Å²) in [6, 6.07) is 10.1. The van der Waals surface area contributed by atoms with E-state index in [4.69, 9.17) is 4.74 Å². The molecule has 3 aromatic rings. The topological polar surface area (TPSA) is 47.4 Å². The average molecular weight is 367 g/mol. The van der Waals surface area contributed by atoms with Crippen molar-refractivity contribution in [1.29, 1.82) is 0 Å². The van der Waals surface area contributed by atoms with Crippen molar-refractivity contribution in [3.8, 4) is 16.2 Å². The smallest absolute Gasteiger partial charge is 0.264 e. The summed E-state index contributed by atoms with van der Waals surface area (Å²) >= 11 is 1.56. The first-order chi connectivity index (χ1) is 12.5. The predicted molar refractivity (Wildman–Crippen MR) is 102 cm³/mol. The van der Waals surface area contributed by atoms with E-state index < -0.39 is 0 Å². The van der Waals surface area contributed by atoms with Crippen LogP contribution in [-0.4, -0.2) is 26.6 Å². The molecule has 3 heterocycles. The Morgan fingerprint density at radius 3 is 2.92 bits per heavy atom. The molecule has 0 spiro atoms. The molecule has 0 saturated carbocycles. The maximum absolute atomic E-state index is 13.2. The fraction of sp³-hybridized carbons (Fsp3) is 0.300. The van der Waals surface area contributed by atoms with Gasteiger partial charge in [-0.25, -0.2) is 0 Å². The van der Waals surface area contributed by atoms with Crippen LogP contribution >= 0.6 is 11.3 Å². The van der Waals surface area contributed by atoms with Crippen LogP contribution in [0.25, 0.3) is 10.4 Å². The van der Waals surface area contributed by atoms with Gasteiger partial charge in [0.15, 0.2) is 0 Å². The molecule has 0 unspecified atom stereocenters. The second-order valence-electron chi connectivity index (χ2n) is 6.80. The van der Waals surface area contributed by atoms with Gasteiger partial charge < -0.3 is 9.64 Å². The fourth-order valence-electron chi connectivity index (χ4n) is 3.19. The van der Waals surface area contributed by atoms with Crippen molar-refractivity contribution in [2.75, 3.05) is 0 Å². The fourth-order valence-corrected chi connectivity index (χ4v) is 4.34. The maximum atomic E-state index is 13.2. The Labute approximate surface area is 156 Å². The van der Waals surface area contributed by atoms with Gasteiger partial charge >= 0.3 is 0 Å². The minimum atomic E-state index is 0.0562. The predicted octanol–water partition coefficient (Wildman–Crippen LogP) is 4.09. The van der Waals surface area contributed by atoms with Crippen molar-refractivity contribution < 1.29 is 9.53 Å². The van der Waals surface area contributed by atoms with Gasteiger partial charge in [0.05, 0.1) is 11.1 Å². The molecule has 0 bridgehead atoms. The van der Waals surface area contributed by atoms with E-state index >= 15 is 0 Å². The van der Waals surface area contributed by atoms with Crippen LogP contribution in [0.2, 0.25) is 0 Å². The standard InChI is InChI=1S/C20H21N3O2S/c1-13(2)23(11-14-9-21-22(3)10-14)20(24)18-8-15-12-25-17-7-5-4-6-16(17)19(15)26-18/h4-10,13H,11-12H2,1-3H3. The van der Waals surface area contributed by atoms with Crippen LogP contribution in [0.1, 0.15) is 34.6 Å². The quantitative estimate of drug-likeness (QED) is 0.698. The molecule has 0 atom stereocenters. The van der Waals surface area contributed by atoms with Gasteiger partial charge in [0.1, 0.15) is 12.4 Å². The number of thiophene rings is 1. The highest BCUT2D eigenvalue weighted by Crippen LogP contribution is 2.42. The number of hydrogen-bond donors (Lipinski definition) is 0. The molecule has 0 fully saturated rings. The molecule has 5 nitrogen and oxygen atoms in total. The third kappa shape index (κ3) is 3.01. The van der Waals surface area contributed by atoms with Crippen LogP contribution < -0.4 is 4.74 Å². The molecule has 1 aliphatic heterocycles. The SMILES string of the molecule is CC(C)N(Cc1cnn(C)c1)C(=O)c1cc2c(s1)-c1ccccc1OC2. The number of hydrogen-bond acceptors (Lipinski definition) is 4. The third-order valence-corrected chi connectivity index (χ3v) is 5.73. The lowest BCUT2D eigenvalue weighted by molar-refractivity contribution is 0.0695. The number of rotatable bonds is 4. The van der Waals surface area contributed by atoms with Crippen LogP contribution in [0, 0.1) is 0 Å². The lowest BCUT2D eigenvalue weighted by Gasteiger charge is -2.25. The van der Waals surface area contributed by atoms with Crippen LogP contribution in [0.15, 0.2) is 42.7 Å². The normalized spacial score (nSPS) is 12.5. The lowest BCUT2D eigenvalue weighted by atomic mass is 10.1. The molecule has 26 heavy (non-hydrogen) atoms. The number of ether oxygens (including phenoxy) is 1. The lowest BCUT2D eigenvalue weighted by Crippen LogP contribution is -2.35. The van der Waals surface area contributed by atoms with E-state index in [1.165, 1.54) is 0 Å². The number of aromatic nitrogens is 2. The van der Waals surface area contributed by atoms with Crippen LogP contribution in [0.3, 0.4) is 0 Å². The molecule has 4 rings (SSSR count). The summed E-state index contributed by atoms with van der Waals surface area (Å²) < 4.78 is 7.58. The van der Waals surface area contributed by atoms with E-state index in [2.05, 4.69) is 5.10 Å². The van der Waals surface area contributed by atoms with Crippen molar-refractivity contribution in [2.24, 2.45) is 7.05 Å². The van der Waals surface area contributed by atoms with Crippen molar-refractivity contribution in [2.45, 2.75) is 33.0 Å². The first-order valence-corrected chi connectivity index (χ1v) is 9.48. The number of benzene rings is 1. The summed E-state index contributed by atoms with van der Waals surface area (Å²) in [5.74, 6) is 0.942. The number of carbonyl (C=O) groups excluding carboxylic acids is 1. The zero-order valence-electron chi connectivity index (χ0n) is 15.1. The highest BCUT2D eigenvalue weighted by Gasteiger charge is 2.26. The van der Waals surface area contributed by atoms with Crippen molar-refractivity contribution in [3.05, 3.63) is 58.7 Å². The van der Waals surface area contributed by atoms with Gasteiger partial charge in [-0.15, -0.1) is 11.3 Å². The molecule has 0 radical (unpaired) electrons. The largest absolute Gasteiger partial charge is 0.488 e. The zero-order valence-corrected chi connectivity index (χ0v) is 15.9. The van der Waals surface area contributed by atoms with Crippen LogP contribution in [0.4, 0.5) is 0 Å². The van der Waals surface area contributed by atoms with Crippen molar-refractivity contribution in [3.63, 3.8) is 0 Å². The van der Waals surface area contributed by atoms with Gasteiger partial charge in [-0.3, -0.25) is 9.48 Å². The Morgan fingerprint density at radius 1 is 1.38 bits per heavy atom. The molecule has 1 amide bonds. The summed E-state index contributed by atoms with van der Waals surface area (Å²) in [7, 11) is 1.88. The van der Waals surface area contributed by atoms with Gasteiger partial charge in [-0.2, -0.15) is 5.10 Å². The molecule has 6 heteroatoms. The molecular formula is C20H21N3O2S. The number of aryl methyl sites for hydroxylation is 1. The molecule has 0 saturated heterocycles. The molecule has 0 N–H and O–H groups in total. The van der Waals surface area contributed by atoms with Crippen LogP contribution in [-0.2, 0) is 20.2 Å². The minimum Gasteiger partial charge on any atom is -0.488 e. The van der Waals surface area contributed by atoms with Gasteiger partial charge in [-0.1, -0.05) is 12.1 Å². The Morgan fingerprint density at radius 2 is 2.19 bits per heavy atom. The zero-order chi connectivity index (χ0) is 18.3. The summed E-state index contributed by atoms with van der Waals surface area (Å²) in [5, 5.41) is 4.20. The van der Waals surface area contributed by atoms with Crippen molar-refractivity contribution >= 4 is 17.2 Å². The number of fused-ring (bicyclic) bond motifs is 3. The molecule has 2 aromatic heterocycles. The van der Waals surface area contributed by atoms with Crippen LogP contribution in [0.5, 0.6) is 5.75 Å². The molecular weight excluding hydrogens is 346 g/mol. The Bertz CT molecular complexity index is 958. The molecule has 1 aliphatic rings. The van der Waals surface area contributed by atoms with Gasteiger partial charge in [-0.05, 0) is 32.0 Å². The second-order valence-corrected chi connectivity index (χ2v) is 7.85. The van der Waals surface area contributed by atoms with Crippen molar-refractivity contribution in [1.82, 2.24) is 14.7 Å². The number of amides is 1. The van der Waals surface area contributed by atoms with E-state index in [9.17, 15) is 4.79 Å². The van der Waals surface area contributed by atoms with Gasteiger partial charge in [0.25, 0.3) is 5.91 Å². The van der Waals surface area contributed by atoms with Gasteiger partial charge in [0.2, 0.25) is 0 Å². The minimum absolute atomic E-state index is 0.0562. The Balaban J connectivity index is 1.65. The highest BCUT2D eigenvalue weighted by molar-refractivity contribution is 7.17. The maximum Gasteiger partial charge on any atom is 0.264 e. The highest BCUT2D eigenvalue weighted by atomic mass is 32.1. The Hall–Kier alpha value is -2.60. The van der Waals surface area contributed by atoms with E-state index in [-0.39, 0.29) is 11.9 Å². The average Bonchev–Trinajstić information content (AvgIpc) is 3.25. The summed E-state index contributed by atoms with van der Waals surface area (Å²) in [6.07, 6.45) is 3.76.